The molecule has 1 N–H and O–H groups in total. The van der Waals surface area contributed by atoms with Crippen LogP contribution in [0.2, 0.25) is 0 Å². The summed E-state index contributed by atoms with van der Waals surface area (Å²) in [4.78, 5) is 36.2. The van der Waals surface area contributed by atoms with Crippen molar-refractivity contribution < 1.29 is 9.53 Å². The van der Waals surface area contributed by atoms with Crippen molar-refractivity contribution in [1.82, 2.24) is 14.9 Å². The summed E-state index contributed by atoms with van der Waals surface area (Å²) < 4.78 is 5.44. The van der Waals surface area contributed by atoms with E-state index < -0.39 is 0 Å². The number of amides is 1. The number of benzene rings is 2. The molecule has 2 aromatic carbocycles. The number of para-hydroxylation sites is 3. The third-order valence-electron chi connectivity index (χ3n) is 5.30. The molecule has 0 bridgehead atoms. The van der Waals surface area contributed by atoms with Gasteiger partial charge in [0.1, 0.15) is 11.6 Å². The van der Waals surface area contributed by atoms with Crippen molar-refractivity contribution in [2.24, 2.45) is 0 Å². The Morgan fingerprint density at radius 2 is 1.79 bits per heavy atom. The summed E-state index contributed by atoms with van der Waals surface area (Å²) in [5.74, 6) is 1.48. The SMILES string of the molecule is COc1ccccc1N1CCN(C(=O)CCc2nc3ccccc3c(=O)[nH]2)CC1. The van der Waals surface area contributed by atoms with Gasteiger partial charge in [0, 0.05) is 39.0 Å². The molecule has 1 aliphatic rings. The quantitative estimate of drug-likeness (QED) is 0.720. The zero-order valence-electron chi connectivity index (χ0n) is 16.4. The lowest BCUT2D eigenvalue weighted by Crippen LogP contribution is -2.49. The van der Waals surface area contributed by atoms with Crippen LogP contribution in [-0.4, -0.2) is 54.1 Å². The van der Waals surface area contributed by atoms with Crippen LogP contribution in [0.4, 0.5) is 5.69 Å². The Kier molecular flexibility index (Phi) is 5.46. The van der Waals surface area contributed by atoms with Crippen molar-refractivity contribution >= 4 is 22.5 Å². The Bertz CT molecular complexity index is 1070. The number of H-pyrrole nitrogens is 1. The molecule has 1 saturated heterocycles. The number of aromatic nitrogens is 2. The summed E-state index contributed by atoms with van der Waals surface area (Å²) >= 11 is 0. The van der Waals surface area contributed by atoms with Crippen LogP contribution in [-0.2, 0) is 11.2 Å². The second kappa shape index (κ2) is 8.34. The van der Waals surface area contributed by atoms with Gasteiger partial charge in [-0.25, -0.2) is 4.98 Å². The van der Waals surface area contributed by atoms with E-state index >= 15 is 0 Å². The van der Waals surface area contributed by atoms with Gasteiger partial charge in [-0.15, -0.1) is 0 Å². The number of carbonyl (C=O) groups is 1. The topological polar surface area (TPSA) is 78.5 Å². The predicted molar refractivity (Wildman–Crippen MR) is 112 cm³/mol. The fourth-order valence-corrected chi connectivity index (χ4v) is 3.72. The number of nitrogens with zero attached hydrogens (tertiary/aromatic N) is 3. The summed E-state index contributed by atoms with van der Waals surface area (Å²) in [6, 6.07) is 15.2. The lowest BCUT2D eigenvalue weighted by atomic mass is 10.2. The molecule has 4 rings (SSSR count). The van der Waals surface area contributed by atoms with Crippen LogP contribution in [0.3, 0.4) is 0 Å². The van der Waals surface area contributed by atoms with E-state index in [0.717, 1.165) is 24.5 Å². The minimum Gasteiger partial charge on any atom is -0.495 e. The van der Waals surface area contributed by atoms with Gasteiger partial charge in [0.15, 0.2) is 0 Å². The van der Waals surface area contributed by atoms with E-state index in [4.69, 9.17) is 4.74 Å². The number of hydrogen-bond acceptors (Lipinski definition) is 5. The molecular weight excluding hydrogens is 368 g/mol. The smallest absolute Gasteiger partial charge is 0.258 e. The molecule has 2 heterocycles. The normalized spacial score (nSPS) is 14.2. The molecule has 7 heteroatoms. The first kappa shape index (κ1) is 19.0. The molecule has 1 fully saturated rings. The zero-order chi connectivity index (χ0) is 20.2. The standard InChI is InChI=1S/C22H24N4O3/c1-29-19-9-5-4-8-18(19)25-12-14-26(15-13-25)21(27)11-10-20-23-17-7-3-2-6-16(17)22(28)24-20/h2-9H,10-15H2,1H3,(H,23,24,28). The van der Waals surface area contributed by atoms with Crippen molar-refractivity contribution in [3.8, 4) is 5.75 Å². The van der Waals surface area contributed by atoms with Crippen LogP contribution in [0, 0.1) is 0 Å². The predicted octanol–water partition coefficient (Wildman–Crippen LogP) is 2.21. The summed E-state index contributed by atoms with van der Waals surface area (Å²) in [6.07, 6.45) is 0.752. The maximum Gasteiger partial charge on any atom is 0.258 e. The van der Waals surface area contributed by atoms with E-state index in [9.17, 15) is 9.59 Å². The monoisotopic (exact) mass is 392 g/mol. The van der Waals surface area contributed by atoms with Crippen molar-refractivity contribution in [2.45, 2.75) is 12.8 Å². The molecule has 0 radical (unpaired) electrons. The first-order valence-electron chi connectivity index (χ1n) is 9.79. The number of aryl methyl sites for hydroxylation is 1. The van der Waals surface area contributed by atoms with E-state index in [1.54, 1.807) is 13.2 Å². The molecule has 0 aliphatic carbocycles. The number of hydrogen-bond donors (Lipinski definition) is 1. The second-order valence-corrected chi connectivity index (χ2v) is 7.07. The van der Waals surface area contributed by atoms with Gasteiger partial charge in [0.25, 0.3) is 5.56 Å². The Hall–Kier alpha value is -3.35. The molecule has 3 aromatic rings. The average Bonchev–Trinajstić information content (AvgIpc) is 2.77. The summed E-state index contributed by atoms with van der Waals surface area (Å²) in [5, 5.41) is 0.565. The van der Waals surface area contributed by atoms with Crippen molar-refractivity contribution in [3.63, 3.8) is 0 Å². The largest absolute Gasteiger partial charge is 0.495 e. The Morgan fingerprint density at radius 3 is 2.59 bits per heavy atom. The van der Waals surface area contributed by atoms with Crippen LogP contribution >= 0.6 is 0 Å². The number of fused-ring (bicyclic) bond motifs is 1. The first-order valence-corrected chi connectivity index (χ1v) is 9.79. The first-order chi connectivity index (χ1) is 14.2. The highest BCUT2D eigenvalue weighted by Crippen LogP contribution is 2.28. The molecule has 1 amide bonds. The maximum absolute atomic E-state index is 12.6. The Labute approximate surface area is 168 Å². The van der Waals surface area contributed by atoms with E-state index in [0.29, 0.717) is 42.7 Å². The third kappa shape index (κ3) is 4.08. The molecule has 0 atom stereocenters. The van der Waals surface area contributed by atoms with Crippen molar-refractivity contribution in [2.75, 3.05) is 38.2 Å². The fourth-order valence-electron chi connectivity index (χ4n) is 3.72. The molecule has 1 aromatic heterocycles. The Morgan fingerprint density at radius 1 is 1.07 bits per heavy atom. The number of methoxy groups -OCH3 is 1. The zero-order valence-corrected chi connectivity index (χ0v) is 16.4. The van der Waals surface area contributed by atoms with E-state index in [1.165, 1.54) is 0 Å². The lowest BCUT2D eigenvalue weighted by Gasteiger charge is -2.36. The van der Waals surface area contributed by atoms with Gasteiger partial charge in [-0.1, -0.05) is 24.3 Å². The van der Waals surface area contributed by atoms with Gasteiger partial charge in [-0.2, -0.15) is 0 Å². The number of piperazine rings is 1. The minimum atomic E-state index is -0.163. The number of nitrogens with one attached hydrogen (secondary N) is 1. The molecule has 29 heavy (non-hydrogen) atoms. The van der Waals surface area contributed by atoms with Crippen LogP contribution < -0.4 is 15.2 Å². The highest BCUT2D eigenvalue weighted by molar-refractivity contribution is 5.78. The number of aromatic amines is 1. The third-order valence-corrected chi connectivity index (χ3v) is 5.30. The molecule has 0 unspecified atom stereocenters. The van der Waals surface area contributed by atoms with Gasteiger partial charge in [-0.05, 0) is 24.3 Å². The van der Waals surface area contributed by atoms with Crippen molar-refractivity contribution in [3.05, 3.63) is 64.7 Å². The summed E-state index contributed by atoms with van der Waals surface area (Å²) in [6.45, 7) is 2.85. The highest BCUT2D eigenvalue weighted by Gasteiger charge is 2.22. The van der Waals surface area contributed by atoms with E-state index in [-0.39, 0.29) is 11.5 Å². The molecule has 1 aliphatic heterocycles. The molecule has 150 valence electrons. The average molecular weight is 392 g/mol. The van der Waals surface area contributed by atoms with Gasteiger partial charge in [0.05, 0.1) is 23.7 Å². The second-order valence-electron chi connectivity index (χ2n) is 7.07. The maximum atomic E-state index is 12.6. The van der Waals surface area contributed by atoms with Crippen LogP contribution in [0.25, 0.3) is 10.9 Å². The number of ether oxygens (including phenoxy) is 1. The Balaban J connectivity index is 1.35. The number of rotatable bonds is 5. The van der Waals surface area contributed by atoms with Crippen LogP contribution in [0.15, 0.2) is 53.3 Å². The van der Waals surface area contributed by atoms with Crippen LogP contribution in [0.1, 0.15) is 12.2 Å². The van der Waals surface area contributed by atoms with Crippen LogP contribution in [0.5, 0.6) is 5.75 Å². The minimum absolute atomic E-state index is 0.0838. The fraction of sp³-hybridized carbons (Fsp3) is 0.318. The number of anilines is 1. The van der Waals surface area contributed by atoms with E-state index in [1.807, 2.05) is 47.4 Å². The lowest BCUT2D eigenvalue weighted by molar-refractivity contribution is -0.131. The van der Waals surface area contributed by atoms with E-state index in [2.05, 4.69) is 14.9 Å². The molecule has 0 saturated carbocycles. The molecule has 0 spiro atoms. The molecule has 7 nitrogen and oxygen atoms in total. The van der Waals surface area contributed by atoms with Gasteiger partial charge in [-0.3, -0.25) is 9.59 Å². The summed E-state index contributed by atoms with van der Waals surface area (Å²) in [5.41, 5.74) is 1.55. The number of carbonyl (C=O) groups excluding carboxylic acids is 1. The van der Waals surface area contributed by atoms with Crippen molar-refractivity contribution in [1.29, 1.82) is 0 Å². The van der Waals surface area contributed by atoms with Gasteiger partial charge < -0.3 is 19.5 Å². The summed E-state index contributed by atoms with van der Waals surface area (Å²) in [7, 11) is 1.67. The highest BCUT2D eigenvalue weighted by atomic mass is 16.5. The van der Waals surface area contributed by atoms with Gasteiger partial charge in [0.2, 0.25) is 5.91 Å². The molecular formula is C22H24N4O3. The van der Waals surface area contributed by atoms with Gasteiger partial charge >= 0.3 is 0 Å².